The van der Waals surface area contributed by atoms with Crippen LogP contribution in [0.1, 0.15) is 25.0 Å². The van der Waals surface area contributed by atoms with E-state index in [0.29, 0.717) is 23.7 Å². The first-order valence-electron chi connectivity index (χ1n) is 6.79. The van der Waals surface area contributed by atoms with Crippen molar-refractivity contribution in [3.63, 3.8) is 0 Å². The SMILES string of the molecule is CCN(CC)C(=O)CNS(=O)(=O)Cc1cccc(Cl)c1C. The second kappa shape index (κ2) is 7.77. The second-order valence-corrected chi connectivity index (χ2v) is 6.88. The number of nitrogens with one attached hydrogen (secondary N) is 1. The van der Waals surface area contributed by atoms with Gasteiger partial charge in [-0.2, -0.15) is 0 Å². The second-order valence-electron chi connectivity index (χ2n) is 4.67. The Bertz CT molecular complexity index is 598. The van der Waals surface area contributed by atoms with E-state index >= 15 is 0 Å². The lowest BCUT2D eigenvalue weighted by Crippen LogP contribution is -2.40. The van der Waals surface area contributed by atoms with Crippen LogP contribution in [0.2, 0.25) is 5.02 Å². The van der Waals surface area contributed by atoms with Crippen molar-refractivity contribution in [2.75, 3.05) is 19.6 Å². The minimum Gasteiger partial charge on any atom is -0.342 e. The number of sulfonamides is 1. The average Bonchev–Trinajstić information content (AvgIpc) is 2.43. The minimum atomic E-state index is -3.58. The molecule has 0 heterocycles. The largest absolute Gasteiger partial charge is 0.342 e. The third-order valence-electron chi connectivity index (χ3n) is 3.28. The van der Waals surface area contributed by atoms with Crippen molar-refractivity contribution in [2.24, 2.45) is 0 Å². The zero-order valence-corrected chi connectivity index (χ0v) is 14.1. The zero-order valence-electron chi connectivity index (χ0n) is 12.5. The Hall–Kier alpha value is -1.11. The van der Waals surface area contributed by atoms with Gasteiger partial charge in [0.25, 0.3) is 0 Å². The maximum atomic E-state index is 12.0. The van der Waals surface area contributed by atoms with E-state index in [2.05, 4.69) is 4.72 Å². The Labute approximate surface area is 131 Å². The molecule has 1 aromatic rings. The van der Waals surface area contributed by atoms with E-state index in [9.17, 15) is 13.2 Å². The van der Waals surface area contributed by atoms with Crippen molar-refractivity contribution in [1.29, 1.82) is 0 Å². The molecule has 0 aromatic heterocycles. The first kappa shape index (κ1) is 17.9. The van der Waals surface area contributed by atoms with Gasteiger partial charge >= 0.3 is 0 Å². The molecule has 21 heavy (non-hydrogen) atoms. The number of rotatable bonds is 7. The maximum Gasteiger partial charge on any atom is 0.237 e. The van der Waals surface area contributed by atoms with Gasteiger partial charge in [-0.25, -0.2) is 13.1 Å². The molecule has 7 heteroatoms. The van der Waals surface area contributed by atoms with Crippen molar-refractivity contribution in [3.05, 3.63) is 34.3 Å². The molecule has 0 spiro atoms. The summed E-state index contributed by atoms with van der Waals surface area (Å²) in [6.45, 7) is 6.38. The molecule has 0 fully saturated rings. The van der Waals surface area contributed by atoms with E-state index in [1.54, 1.807) is 30.0 Å². The lowest BCUT2D eigenvalue weighted by Gasteiger charge is -2.18. The van der Waals surface area contributed by atoms with Crippen molar-refractivity contribution >= 4 is 27.5 Å². The third kappa shape index (κ3) is 5.30. The summed E-state index contributed by atoms with van der Waals surface area (Å²) in [5, 5.41) is 0.530. The van der Waals surface area contributed by atoms with Crippen LogP contribution in [0.25, 0.3) is 0 Å². The van der Waals surface area contributed by atoms with E-state index in [-0.39, 0.29) is 18.2 Å². The molecule has 0 bridgehead atoms. The number of likely N-dealkylation sites (N-methyl/N-ethyl adjacent to an activating group) is 1. The highest BCUT2D eigenvalue weighted by molar-refractivity contribution is 7.88. The molecular formula is C14H21ClN2O3S. The number of carbonyl (C=O) groups is 1. The van der Waals surface area contributed by atoms with Gasteiger partial charge in [-0.05, 0) is 38.0 Å². The number of halogens is 1. The van der Waals surface area contributed by atoms with Crippen LogP contribution in [0, 0.1) is 6.92 Å². The summed E-state index contributed by atoms with van der Waals surface area (Å²) in [5.74, 6) is -0.420. The molecule has 118 valence electrons. The molecule has 1 amide bonds. The van der Waals surface area contributed by atoms with Gasteiger partial charge in [0.1, 0.15) is 0 Å². The highest BCUT2D eigenvalue weighted by Gasteiger charge is 2.17. The lowest BCUT2D eigenvalue weighted by atomic mass is 10.1. The van der Waals surface area contributed by atoms with Crippen molar-refractivity contribution in [3.8, 4) is 0 Å². The Morgan fingerprint density at radius 2 is 1.90 bits per heavy atom. The van der Waals surface area contributed by atoms with Crippen LogP contribution in [0.5, 0.6) is 0 Å². The summed E-state index contributed by atoms with van der Waals surface area (Å²) in [7, 11) is -3.58. The van der Waals surface area contributed by atoms with E-state index in [1.165, 1.54) is 0 Å². The highest BCUT2D eigenvalue weighted by atomic mass is 35.5. The molecule has 1 aromatic carbocycles. The number of benzene rings is 1. The van der Waals surface area contributed by atoms with Crippen molar-refractivity contribution in [2.45, 2.75) is 26.5 Å². The molecule has 5 nitrogen and oxygen atoms in total. The Morgan fingerprint density at radius 3 is 2.48 bits per heavy atom. The van der Waals surface area contributed by atoms with Crippen molar-refractivity contribution in [1.82, 2.24) is 9.62 Å². The smallest absolute Gasteiger partial charge is 0.237 e. The van der Waals surface area contributed by atoms with E-state index in [0.717, 1.165) is 5.56 Å². The van der Waals surface area contributed by atoms with Crippen LogP contribution in [-0.4, -0.2) is 38.9 Å². The van der Waals surface area contributed by atoms with Gasteiger partial charge in [0, 0.05) is 18.1 Å². The van der Waals surface area contributed by atoms with Crippen LogP contribution in [-0.2, 0) is 20.6 Å². The van der Waals surface area contributed by atoms with Crippen LogP contribution in [0.3, 0.4) is 0 Å². The normalized spacial score (nSPS) is 11.4. The van der Waals surface area contributed by atoms with Gasteiger partial charge < -0.3 is 4.90 Å². The lowest BCUT2D eigenvalue weighted by molar-refractivity contribution is -0.129. The maximum absolute atomic E-state index is 12.0. The predicted octanol–water partition coefficient (Wildman–Crippen LogP) is 1.94. The fourth-order valence-corrected chi connectivity index (χ4v) is 3.29. The molecular weight excluding hydrogens is 312 g/mol. The summed E-state index contributed by atoms with van der Waals surface area (Å²) >= 11 is 5.97. The van der Waals surface area contributed by atoms with E-state index < -0.39 is 10.0 Å². The topological polar surface area (TPSA) is 66.5 Å². The first-order valence-corrected chi connectivity index (χ1v) is 8.82. The summed E-state index contributed by atoms with van der Waals surface area (Å²) < 4.78 is 26.4. The van der Waals surface area contributed by atoms with Crippen molar-refractivity contribution < 1.29 is 13.2 Å². The molecule has 0 aliphatic heterocycles. The predicted molar refractivity (Wildman–Crippen MR) is 84.7 cm³/mol. The molecule has 0 saturated heterocycles. The number of carbonyl (C=O) groups excluding carboxylic acids is 1. The van der Waals surface area contributed by atoms with Gasteiger partial charge in [0.05, 0.1) is 12.3 Å². The zero-order chi connectivity index (χ0) is 16.0. The van der Waals surface area contributed by atoms with Gasteiger partial charge in [-0.1, -0.05) is 23.7 Å². The summed E-state index contributed by atoms with van der Waals surface area (Å²) in [6, 6.07) is 5.14. The molecule has 0 aliphatic carbocycles. The molecule has 0 saturated carbocycles. The van der Waals surface area contributed by atoms with Crippen LogP contribution in [0.4, 0.5) is 0 Å². The fraction of sp³-hybridized carbons (Fsp3) is 0.500. The first-order chi connectivity index (χ1) is 9.80. The fourth-order valence-electron chi connectivity index (χ4n) is 1.92. The van der Waals surface area contributed by atoms with Gasteiger partial charge in [-0.3, -0.25) is 4.79 Å². The number of amides is 1. The monoisotopic (exact) mass is 332 g/mol. The van der Waals surface area contributed by atoms with Gasteiger partial charge in [-0.15, -0.1) is 0 Å². The third-order valence-corrected chi connectivity index (χ3v) is 4.97. The number of hydrogen-bond donors (Lipinski definition) is 1. The van der Waals surface area contributed by atoms with E-state index in [1.807, 2.05) is 13.8 Å². The summed E-state index contributed by atoms with van der Waals surface area (Å²) in [5.41, 5.74) is 1.37. The number of hydrogen-bond acceptors (Lipinski definition) is 3. The Morgan fingerprint density at radius 1 is 1.29 bits per heavy atom. The highest BCUT2D eigenvalue weighted by Crippen LogP contribution is 2.20. The molecule has 0 radical (unpaired) electrons. The molecule has 1 rings (SSSR count). The van der Waals surface area contributed by atoms with Crippen LogP contribution >= 0.6 is 11.6 Å². The molecule has 0 atom stereocenters. The Kier molecular flexibility index (Phi) is 6.64. The Balaban J connectivity index is 2.70. The van der Waals surface area contributed by atoms with Crippen LogP contribution < -0.4 is 4.72 Å². The van der Waals surface area contributed by atoms with Gasteiger partial charge in [0.2, 0.25) is 15.9 Å². The molecule has 1 N–H and O–H groups in total. The minimum absolute atomic E-state index is 0.190. The molecule has 0 aliphatic rings. The average molecular weight is 333 g/mol. The standard InChI is InChI=1S/C14H21ClN2O3S/c1-4-17(5-2)14(18)9-16-21(19,20)10-12-7-6-8-13(15)11(12)3/h6-8,16H,4-5,9-10H2,1-3H3. The summed E-state index contributed by atoms with van der Waals surface area (Å²) in [4.78, 5) is 13.4. The quantitative estimate of drug-likeness (QED) is 0.829. The van der Waals surface area contributed by atoms with E-state index in [4.69, 9.17) is 11.6 Å². The van der Waals surface area contributed by atoms with Crippen LogP contribution in [0.15, 0.2) is 18.2 Å². The van der Waals surface area contributed by atoms with Gasteiger partial charge in [0.15, 0.2) is 0 Å². The summed E-state index contributed by atoms with van der Waals surface area (Å²) in [6.07, 6.45) is 0. The molecule has 0 unspecified atom stereocenters. The number of nitrogens with zero attached hydrogens (tertiary/aromatic N) is 1.